The Hall–Kier alpha value is -3.46. The van der Waals surface area contributed by atoms with Gasteiger partial charge in [0.05, 0.1) is 19.1 Å². The molecule has 0 radical (unpaired) electrons. The van der Waals surface area contributed by atoms with Gasteiger partial charge in [0, 0.05) is 23.6 Å². The molecular formula is C27H31FN2O5S. The third-order valence-electron chi connectivity index (χ3n) is 5.71. The number of halogens is 1. The molecule has 3 aromatic rings. The number of nitrogens with zero attached hydrogens (tertiary/aromatic N) is 1. The summed E-state index contributed by atoms with van der Waals surface area (Å²) >= 11 is 0. The monoisotopic (exact) mass is 514 g/mol. The maximum Gasteiger partial charge on any atom is 0.229 e. The second-order valence-corrected chi connectivity index (χ2v) is 10.6. The van der Waals surface area contributed by atoms with Crippen LogP contribution in [0, 0.1) is 19.7 Å². The van der Waals surface area contributed by atoms with Crippen LogP contribution in [0.3, 0.4) is 0 Å². The zero-order valence-corrected chi connectivity index (χ0v) is 21.9. The maximum atomic E-state index is 14.4. The lowest BCUT2D eigenvalue weighted by Crippen LogP contribution is -2.13. The molecule has 9 heteroatoms. The van der Waals surface area contributed by atoms with Crippen LogP contribution < -0.4 is 14.2 Å². The van der Waals surface area contributed by atoms with E-state index >= 15 is 0 Å². The van der Waals surface area contributed by atoms with Gasteiger partial charge in [0.25, 0.3) is 0 Å². The normalized spacial score (nSPS) is 12.2. The van der Waals surface area contributed by atoms with Crippen LogP contribution >= 0.6 is 0 Å². The number of carbonyl (C=O) groups excluding carboxylic acids is 1. The van der Waals surface area contributed by atoms with Crippen molar-refractivity contribution in [2.75, 3.05) is 18.1 Å². The van der Waals surface area contributed by atoms with Gasteiger partial charge in [-0.15, -0.1) is 0 Å². The number of aryl methyl sites for hydroxylation is 3. The number of hydrogen-bond acceptors (Lipinski definition) is 6. The van der Waals surface area contributed by atoms with Crippen LogP contribution in [0.25, 0.3) is 0 Å². The van der Waals surface area contributed by atoms with Crippen LogP contribution in [-0.2, 0) is 27.8 Å². The largest absolute Gasteiger partial charge is 0.497 e. The molecule has 0 saturated carbocycles. The summed E-state index contributed by atoms with van der Waals surface area (Å²) in [5, 5.41) is 0. The van der Waals surface area contributed by atoms with Crippen molar-refractivity contribution in [2.45, 2.75) is 46.1 Å². The van der Waals surface area contributed by atoms with Crippen molar-refractivity contribution in [1.82, 2.24) is 4.98 Å². The van der Waals surface area contributed by atoms with Gasteiger partial charge in [0.2, 0.25) is 15.9 Å². The molecule has 7 nitrogen and oxygen atoms in total. The summed E-state index contributed by atoms with van der Waals surface area (Å²) in [4.78, 5) is 17.4. The third-order valence-corrected chi connectivity index (χ3v) is 6.30. The van der Waals surface area contributed by atoms with E-state index in [0.717, 1.165) is 34.4 Å². The molecule has 0 fully saturated rings. The molecule has 0 aliphatic heterocycles. The van der Waals surface area contributed by atoms with E-state index in [0.29, 0.717) is 24.5 Å². The quantitative estimate of drug-likeness (QED) is 0.383. The summed E-state index contributed by atoms with van der Waals surface area (Å²) in [6, 6.07) is 13.7. The van der Waals surface area contributed by atoms with Crippen molar-refractivity contribution in [3.05, 3.63) is 82.3 Å². The summed E-state index contributed by atoms with van der Waals surface area (Å²) in [6.07, 6.45) is 1.58. The summed E-state index contributed by atoms with van der Waals surface area (Å²) in [5.74, 6) is -0.147. The van der Waals surface area contributed by atoms with Crippen molar-refractivity contribution in [3.8, 4) is 11.6 Å². The zero-order valence-electron chi connectivity index (χ0n) is 21.1. The van der Waals surface area contributed by atoms with E-state index in [1.54, 1.807) is 20.1 Å². The molecule has 1 heterocycles. The molecular weight excluding hydrogens is 483 g/mol. The molecule has 1 unspecified atom stereocenters. The molecule has 2 aromatic carbocycles. The highest BCUT2D eigenvalue weighted by atomic mass is 32.2. The highest BCUT2D eigenvalue weighted by Crippen LogP contribution is 2.26. The van der Waals surface area contributed by atoms with Crippen LogP contribution in [-0.4, -0.2) is 32.6 Å². The van der Waals surface area contributed by atoms with Gasteiger partial charge in [-0.3, -0.25) is 9.52 Å². The standard InChI is InChI=1S/C27H31FN2O5S/c1-17-12-20(14-23(13-17)34-4)16-35-27-21(7-6-18(2)29-27)9-11-26(31)19(3)22-8-10-25(24(28)15-22)30-36(5,32)33/h6-8,10,12-15,19,30H,9,11,16H2,1-5H3. The van der Waals surface area contributed by atoms with Gasteiger partial charge in [-0.25, -0.2) is 17.8 Å². The van der Waals surface area contributed by atoms with Gasteiger partial charge in [0.1, 0.15) is 24.0 Å². The average molecular weight is 515 g/mol. The van der Waals surface area contributed by atoms with E-state index in [-0.39, 0.29) is 17.9 Å². The Morgan fingerprint density at radius 1 is 1.11 bits per heavy atom. The number of ether oxygens (including phenoxy) is 2. The fourth-order valence-electron chi connectivity index (χ4n) is 3.80. The predicted molar refractivity (Wildman–Crippen MR) is 138 cm³/mol. The van der Waals surface area contributed by atoms with Gasteiger partial charge in [-0.05, 0) is 67.3 Å². The van der Waals surface area contributed by atoms with Crippen LogP contribution in [0.5, 0.6) is 11.6 Å². The second kappa shape index (κ2) is 11.5. The SMILES string of the molecule is COc1cc(C)cc(COc2nc(C)ccc2CCC(=O)C(C)c2ccc(NS(C)(=O)=O)c(F)c2)c1. The second-order valence-electron chi connectivity index (χ2n) is 8.87. The summed E-state index contributed by atoms with van der Waals surface area (Å²) < 4.78 is 50.6. The van der Waals surface area contributed by atoms with Crippen molar-refractivity contribution in [2.24, 2.45) is 0 Å². The number of ketones is 1. The van der Waals surface area contributed by atoms with Gasteiger partial charge in [-0.1, -0.05) is 25.1 Å². The summed E-state index contributed by atoms with van der Waals surface area (Å²) in [5.41, 5.74) is 3.93. The molecule has 0 aliphatic carbocycles. The van der Waals surface area contributed by atoms with E-state index in [1.165, 1.54) is 12.1 Å². The molecule has 36 heavy (non-hydrogen) atoms. The number of benzene rings is 2. The van der Waals surface area contributed by atoms with Crippen molar-refractivity contribution in [1.29, 1.82) is 0 Å². The number of anilines is 1. The molecule has 1 atom stereocenters. The van der Waals surface area contributed by atoms with Crippen molar-refractivity contribution < 1.29 is 27.1 Å². The van der Waals surface area contributed by atoms with E-state index in [2.05, 4.69) is 9.71 Å². The number of carbonyl (C=O) groups is 1. The molecule has 0 bridgehead atoms. The lowest BCUT2D eigenvalue weighted by atomic mass is 9.93. The van der Waals surface area contributed by atoms with Gasteiger partial charge >= 0.3 is 0 Å². The number of pyridine rings is 1. The number of nitrogens with one attached hydrogen (secondary N) is 1. The Morgan fingerprint density at radius 3 is 2.53 bits per heavy atom. The minimum Gasteiger partial charge on any atom is -0.497 e. The number of sulfonamides is 1. The van der Waals surface area contributed by atoms with Gasteiger partial charge < -0.3 is 9.47 Å². The molecule has 0 saturated heterocycles. The van der Waals surface area contributed by atoms with E-state index in [1.807, 2.05) is 44.2 Å². The smallest absolute Gasteiger partial charge is 0.229 e. The summed E-state index contributed by atoms with van der Waals surface area (Å²) in [6.45, 7) is 5.86. The molecule has 0 spiro atoms. The molecule has 192 valence electrons. The number of methoxy groups -OCH3 is 1. The average Bonchev–Trinajstić information content (AvgIpc) is 2.81. The number of rotatable bonds is 11. The van der Waals surface area contributed by atoms with E-state index in [4.69, 9.17) is 9.47 Å². The Bertz CT molecular complexity index is 1360. The molecule has 1 aromatic heterocycles. The van der Waals surface area contributed by atoms with Crippen molar-refractivity contribution >= 4 is 21.5 Å². The maximum absolute atomic E-state index is 14.4. The topological polar surface area (TPSA) is 94.6 Å². The highest BCUT2D eigenvalue weighted by molar-refractivity contribution is 7.92. The van der Waals surface area contributed by atoms with Crippen LogP contribution in [0.4, 0.5) is 10.1 Å². The first kappa shape index (κ1) is 27.1. The van der Waals surface area contributed by atoms with Crippen molar-refractivity contribution in [3.63, 3.8) is 0 Å². The fraction of sp³-hybridized carbons (Fsp3) is 0.333. The first-order valence-electron chi connectivity index (χ1n) is 11.5. The first-order chi connectivity index (χ1) is 16.9. The van der Waals surface area contributed by atoms with Gasteiger partial charge in [-0.2, -0.15) is 0 Å². The molecule has 0 amide bonds. The molecule has 0 aliphatic rings. The lowest BCUT2D eigenvalue weighted by Gasteiger charge is -2.15. The Morgan fingerprint density at radius 2 is 1.86 bits per heavy atom. The third kappa shape index (κ3) is 7.52. The van der Waals surface area contributed by atoms with E-state index < -0.39 is 21.8 Å². The van der Waals surface area contributed by atoms with E-state index in [9.17, 15) is 17.6 Å². The lowest BCUT2D eigenvalue weighted by molar-refractivity contribution is -0.120. The van der Waals surface area contributed by atoms with Crippen LogP contribution in [0.15, 0.2) is 48.5 Å². The Balaban J connectivity index is 1.68. The highest BCUT2D eigenvalue weighted by Gasteiger charge is 2.19. The summed E-state index contributed by atoms with van der Waals surface area (Å²) in [7, 11) is -1.99. The minimum atomic E-state index is -3.60. The Kier molecular flexibility index (Phi) is 8.68. The molecule has 3 rings (SSSR count). The van der Waals surface area contributed by atoms with Gasteiger partial charge in [0.15, 0.2) is 0 Å². The first-order valence-corrected chi connectivity index (χ1v) is 13.4. The predicted octanol–water partition coefficient (Wildman–Crippen LogP) is 5.10. The number of hydrogen-bond donors (Lipinski definition) is 1. The Labute approximate surface area is 211 Å². The molecule has 1 N–H and O–H groups in total. The number of Topliss-reactive ketones (excluding diaryl/α,β-unsaturated/α-hetero) is 1. The van der Waals surface area contributed by atoms with Crippen LogP contribution in [0.2, 0.25) is 0 Å². The number of aromatic nitrogens is 1. The minimum absolute atomic E-state index is 0.0758. The van der Waals surface area contributed by atoms with Crippen LogP contribution in [0.1, 0.15) is 47.2 Å². The zero-order chi connectivity index (χ0) is 26.5. The fourth-order valence-corrected chi connectivity index (χ4v) is 4.36.